The fraction of sp³-hybridized carbons (Fsp3) is 0.447. The molecule has 0 unspecified atom stereocenters. The minimum atomic E-state index is -0.378. The molecule has 9 heteroatoms. The molecule has 3 saturated heterocycles. The first kappa shape index (κ1) is 31.7. The first-order valence-electron chi connectivity index (χ1n) is 16.8. The summed E-state index contributed by atoms with van der Waals surface area (Å²) in [5, 5.41) is 9.47. The van der Waals surface area contributed by atoms with Crippen molar-refractivity contribution in [2.24, 2.45) is 17.8 Å². The number of piperidine rings is 1. The number of carbonyl (C=O) groups is 2. The number of benzene rings is 1. The van der Waals surface area contributed by atoms with Crippen LogP contribution < -0.4 is 0 Å². The highest BCUT2D eigenvalue weighted by molar-refractivity contribution is 6.06. The van der Waals surface area contributed by atoms with Gasteiger partial charge < -0.3 is 19.0 Å². The molecule has 2 aromatic heterocycles. The number of aromatic nitrogens is 1. The lowest BCUT2D eigenvalue weighted by atomic mass is 9.69. The van der Waals surface area contributed by atoms with Crippen molar-refractivity contribution < 1.29 is 28.6 Å². The number of hydrogen-bond acceptors (Lipinski definition) is 8. The molecule has 2 amide bonds. The van der Waals surface area contributed by atoms with E-state index in [1.807, 2.05) is 36.4 Å². The number of carbonyl (C=O) groups excluding carboxylic acids is 2. The molecule has 0 saturated carbocycles. The minimum Gasteiger partial charge on any atom is -0.459 e. The SMILES string of the molecule is COCC1=C2[C@@H](CC/C(=C/c3ccc(CO)o3)c3ccccn3)OC[C@@H]2[C@@H]2C(=O)N(C3CCN(Cc4ccccc4)CC3)C(=O)[C@@H]2C1. The van der Waals surface area contributed by atoms with Crippen LogP contribution in [0.15, 0.2) is 82.4 Å². The van der Waals surface area contributed by atoms with E-state index in [4.69, 9.17) is 13.9 Å². The van der Waals surface area contributed by atoms with E-state index >= 15 is 0 Å². The van der Waals surface area contributed by atoms with Crippen LogP contribution in [0.3, 0.4) is 0 Å². The van der Waals surface area contributed by atoms with E-state index in [0.29, 0.717) is 44.0 Å². The molecule has 0 spiro atoms. The average molecular weight is 638 g/mol. The lowest BCUT2D eigenvalue weighted by molar-refractivity contribution is -0.144. The zero-order valence-electron chi connectivity index (χ0n) is 26.9. The highest BCUT2D eigenvalue weighted by Crippen LogP contribution is 2.50. The molecule has 1 aliphatic carbocycles. The van der Waals surface area contributed by atoms with E-state index in [9.17, 15) is 14.7 Å². The number of fused-ring (bicyclic) bond motifs is 3. The van der Waals surface area contributed by atoms with E-state index in [1.165, 1.54) is 5.56 Å². The number of allylic oxidation sites excluding steroid dienone is 1. The van der Waals surface area contributed by atoms with E-state index in [0.717, 1.165) is 54.9 Å². The molecular weight excluding hydrogens is 594 g/mol. The van der Waals surface area contributed by atoms with Crippen LogP contribution >= 0.6 is 0 Å². The molecular formula is C38H43N3O6. The number of rotatable bonds is 11. The molecule has 3 aromatic rings. The predicted molar refractivity (Wildman–Crippen MR) is 176 cm³/mol. The summed E-state index contributed by atoms with van der Waals surface area (Å²) >= 11 is 0. The zero-order valence-corrected chi connectivity index (χ0v) is 26.9. The van der Waals surface area contributed by atoms with Crippen LogP contribution in [0.25, 0.3) is 11.6 Å². The van der Waals surface area contributed by atoms with E-state index in [-0.39, 0.29) is 48.3 Å². The van der Waals surface area contributed by atoms with Gasteiger partial charge in [-0.05, 0) is 84.7 Å². The summed E-state index contributed by atoms with van der Waals surface area (Å²) in [5.74, 6) is 0.275. The van der Waals surface area contributed by atoms with Crippen LogP contribution in [0.4, 0.5) is 0 Å². The van der Waals surface area contributed by atoms with Crippen LogP contribution in [0.2, 0.25) is 0 Å². The number of imide groups is 1. The van der Waals surface area contributed by atoms with Gasteiger partial charge in [0.15, 0.2) is 0 Å². The van der Waals surface area contributed by atoms with Crippen LogP contribution in [-0.2, 0) is 32.2 Å². The Hall–Kier alpha value is -3.89. The molecule has 7 rings (SSSR count). The Morgan fingerprint density at radius 2 is 1.83 bits per heavy atom. The first-order chi connectivity index (χ1) is 23.0. The fourth-order valence-corrected chi connectivity index (χ4v) is 8.18. The lowest BCUT2D eigenvalue weighted by Gasteiger charge is -2.36. The molecule has 47 heavy (non-hydrogen) atoms. The molecule has 1 aromatic carbocycles. The first-order valence-corrected chi connectivity index (χ1v) is 16.8. The van der Waals surface area contributed by atoms with Gasteiger partial charge in [-0.15, -0.1) is 0 Å². The predicted octanol–water partition coefficient (Wildman–Crippen LogP) is 5.12. The Labute approximate surface area is 275 Å². The molecule has 9 nitrogen and oxygen atoms in total. The molecule has 4 aliphatic rings. The van der Waals surface area contributed by atoms with Gasteiger partial charge in [0, 0.05) is 44.9 Å². The topological polar surface area (TPSA) is 105 Å². The van der Waals surface area contributed by atoms with Crippen molar-refractivity contribution in [3.05, 3.63) is 101 Å². The van der Waals surface area contributed by atoms with Gasteiger partial charge in [0.2, 0.25) is 11.8 Å². The van der Waals surface area contributed by atoms with Crippen LogP contribution in [-0.4, -0.2) is 77.3 Å². The summed E-state index contributed by atoms with van der Waals surface area (Å²) in [6.07, 6.45) is 7.07. The molecule has 3 aliphatic heterocycles. The van der Waals surface area contributed by atoms with Crippen LogP contribution in [0.5, 0.6) is 0 Å². The Bertz CT molecular complexity index is 1620. The van der Waals surface area contributed by atoms with Gasteiger partial charge in [-0.25, -0.2) is 0 Å². The number of likely N-dealkylation sites (tertiary alicyclic amines) is 2. The maximum Gasteiger partial charge on any atom is 0.234 e. The minimum absolute atomic E-state index is 0.0151. The Morgan fingerprint density at radius 1 is 1.02 bits per heavy atom. The monoisotopic (exact) mass is 637 g/mol. The highest BCUT2D eigenvalue weighted by Gasteiger charge is 2.58. The number of nitrogens with zero attached hydrogens (tertiary/aromatic N) is 3. The second-order valence-corrected chi connectivity index (χ2v) is 13.2. The number of aliphatic hydroxyl groups is 1. The Kier molecular flexibility index (Phi) is 9.49. The molecule has 5 heterocycles. The molecule has 3 fully saturated rings. The third kappa shape index (κ3) is 6.50. The summed E-state index contributed by atoms with van der Waals surface area (Å²) in [4.78, 5) is 36.8. The second-order valence-electron chi connectivity index (χ2n) is 13.2. The molecule has 4 atom stereocenters. The van der Waals surface area contributed by atoms with Gasteiger partial charge in [0.25, 0.3) is 0 Å². The largest absolute Gasteiger partial charge is 0.459 e. The van der Waals surface area contributed by atoms with Gasteiger partial charge in [-0.2, -0.15) is 0 Å². The maximum atomic E-state index is 14.2. The Morgan fingerprint density at radius 3 is 2.55 bits per heavy atom. The third-order valence-corrected chi connectivity index (χ3v) is 10.4. The van der Waals surface area contributed by atoms with E-state index in [1.54, 1.807) is 24.3 Å². The van der Waals surface area contributed by atoms with Crippen molar-refractivity contribution in [1.82, 2.24) is 14.8 Å². The van der Waals surface area contributed by atoms with Gasteiger partial charge >= 0.3 is 0 Å². The van der Waals surface area contributed by atoms with Crippen molar-refractivity contribution in [3.63, 3.8) is 0 Å². The Balaban J connectivity index is 1.07. The van der Waals surface area contributed by atoms with Gasteiger partial charge in [0.1, 0.15) is 18.1 Å². The van der Waals surface area contributed by atoms with E-state index < -0.39 is 0 Å². The summed E-state index contributed by atoms with van der Waals surface area (Å²) in [5.41, 5.74) is 5.38. The standard InChI is InChI=1S/C38H43N3O6/c1-45-23-27-20-31-36(38(44)41(37(31)43)28-14-17-40(18-15-28)21-25-7-3-2-4-8-25)32-24-46-34(35(27)32)13-10-26(33-9-5-6-16-39-33)19-29-11-12-30(22-42)47-29/h2-9,11-12,16,19,28,31-32,34,36,42H,10,13-15,17-18,20-24H2,1H3/b26-19-/t31-,32+,34-,36-/m1/s1. The van der Waals surface area contributed by atoms with Gasteiger partial charge in [0.05, 0.1) is 36.8 Å². The van der Waals surface area contributed by atoms with Crippen molar-refractivity contribution >= 4 is 23.5 Å². The number of hydrogen-bond donors (Lipinski definition) is 1. The second kappa shape index (κ2) is 14.1. The number of furan rings is 1. The third-order valence-electron chi connectivity index (χ3n) is 10.4. The number of methoxy groups -OCH3 is 1. The maximum absolute atomic E-state index is 14.2. The van der Waals surface area contributed by atoms with E-state index in [2.05, 4.69) is 34.1 Å². The number of aliphatic hydroxyl groups excluding tert-OH is 1. The normalized spacial score (nSPS) is 25.5. The number of ether oxygens (including phenoxy) is 2. The van der Waals surface area contributed by atoms with Crippen molar-refractivity contribution in [2.75, 3.05) is 33.4 Å². The summed E-state index contributed by atoms with van der Waals surface area (Å²) in [6.45, 7) is 3.31. The van der Waals surface area contributed by atoms with Crippen LogP contribution in [0, 0.1) is 17.8 Å². The van der Waals surface area contributed by atoms with Gasteiger partial charge in [-0.3, -0.25) is 24.4 Å². The molecule has 0 radical (unpaired) electrons. The summed E-state index contributed by atoms with van der Waals surface area (Å²) in [6, 6.07) is 19.8. The van der Waals surface area contributed by atoms with Crippen molar-refractivity contribution in [1.29, 1.82) is 0 Å². The van der Waals surface area contributed by atoms with Crippen molar-refractivity contribution in [3.8, 4) is 0 Å². The average Bonchev–Trinajstić information content (AvgIpc) is 3.81. The summed E-state index contributed by atoms with van der Waals surface area (Å²) < 4.78 is 17.9. The van der Waals surface area contributed by atoms with Gasteiger partial charge in [-0.1, -0.05) is 36.4 Å². The van der Waals surface area contributed by atoms with Crippen LogP contribution in [0.1, 0.15) is 54.9 Å². The zero-order chi connectivity index (χ0) is 32.3. The number of pyridine rings is 1. The quantitative estimate of drug-likeness (QED) is 0.228. The fourth-order valence-electron chi connectivity index (χ4n) is 8.18. The number of amides is 2. The van der Waals surface area contributed by atoms with Crippen molar-refractivity contribution in [2.45, 2.75) is 57.4 Å². The molecule has 0 bridgehead atoms. The highest BCUT2D eigenvalue weighted by atomic mass is 16.5. The summed E-state index contributed by atoms with van der Waals surface area (Å²) in [7, 11) is 1.68. The lowest BCUT2D eigenvalue weighted by Crippen LogP contribution is -2.47. The molecule has 1 N–H and O–H groups in total. The smallest absolute Gasteiger partial charge is 0.234 e. The molecule has 246 valence electrons.